The summed E-state index contributed by atoms with van der Waals surface area (Å²) in [5.74, 6) is 4.08. The van der Waals surface area contributed by atoms with Crippen LogP contribution in [0.3, 0.4) is 0 Å². The maximum atomic E-state index is 2.37. The lowest BCUT2D eigenvalue weighted by Crippen LogP contribution is -2.08. The van der Waals surface area contributed by atoms with Gasteiger partial charge in [-0.1, -0.05) is 114 Å². The van der Waals surface area contributed by atoms with Gasteiger partial charge in [-0.2, -0.15) is 0 Å². The zero-order chi connectivity index (χ0) is 17.9. The quantitative estimate of drug-likeness (QED) is 0.449. The van der Waals surface area contributed by atoms with Gasteiger partial charge in [0.1, 0.15) is 0 Å². The largest absolute Gasteiger partial charge is 0.0625 e. The number of aryl methyl sites for hydroxylation is 2. The summed E-state index contributed by atoms with van der Waals surface area (Å²) < 4.78 is 0. The zero-order valence-corrected chi connectivity index (χ0v) is 17.3. The highest BCUT2D eigenvalue weighted by Crippen LogP contribution is 2.27. The third kappa shape index (κ3) is 10.2. The summed E-state index contributed by atoms with van der Waals surface area (Å²) in [7, 11) is 0. The predicted octanol–water partition coefficient (Wildman–Crippen LogP) is 8.21. The normalized spacial score (nSPS) is 29.6. The molecule has 0 amide bonds. The Hall–Kier alpha value is -0.780. The van der Waals surface area contributed by atoms with Crippen molar-refractivity contribution in [2.45, 2.75) is 92.9 Å². The molecule has 0 saturated heterocycles. The minimum Gasteiger partial charge on any atom is -0.0625 e. The first-order valence-corrected chi connectivity index (χ1v) is 10.4. The molecule has 2 fully saturated rings. The Morgan fingerprint density at radius 3 is 0.833 bits per heavy atom. The van der Waals surface area contributed by atoms with Crippen LogP contribution in [0.2, 0.25) is 0 Å². The van der Waals surface area contributed by atoms with E-state index in [1.54, 1.807) is 0 Å². The van der Waals surface area contributed by atoms with Crippen LogP contribution in [0.25, 0.3) is 0 Å². The van der Waals surface area contributed by atoms with Crippen molar-refractivity contribution in [2.24, 2.45) is 23.7 Å². The number of hydrogen-bond donors (Lipinski definition) is 0. The van der Waals surface area contributed by atoms with Gasteiger partial charge < -0.3 is 0 Å². The first kappa shape index (κ1) is 21.3. The Kier molecular flexibility index (Phi) is 10.4. The van der Waals surface area contributed by atoms with E-state index in [1.165, 1.54) is 62.5 Å². The predicted molar refractivity (Wildman–Crippen MR) is 112 cm³/mol. The standard InChI is InChI=1S/2C8H16.C8H10.H2/c3*1-7-3-5-8(2)6-4-7;/h2*7-8H,3-6H2,1-2H3;3-6H,1-2H3;1H. The van der Waals surface area contributed by atoms with Gasteiger partial charge in [0, 0.05) is 1.43 Å². The lowest BCUT2D eigenvalue weighted by molar-refractivity contribution is 0.308. The Labute approximate surface area is 153 Å². The van der Waals surface area contributed by atoms with Crippen molar-refractivity contribution in [1.29, 1.82) is 0 Å². The van der Waals surface area contributed by atoms with Crippen LogP contribution in [0, 0.1) is 37.5 Å². The van der Waals surface area contributed by atoms with E-state index in [-0.39, 0.29) is 1.43 Å². The molecule has 1 aromatic carbocycles. The fourth-order valence-corrected chi connectivity index (χ4v) is 3.49. The van der Waals surface area contributed by atoms with Gasteiger partial charge in [-0.15, -0.1) is 0 Å². The van der Waals surface area contributed by atoms with Gasteiger partial charge in [0.2, 0.25) is 0 Å². The molecule has 2 aliphatic rings. The van der Waals surface area contributed by atoms with Gasteiger partial charge in [0.05, 0.1) is 0 Å². The monoisotopic (exact) mass is 332 g/mol. The van der Waals surface area contributed by atoms with E-state index < -0.39 is 0 Å². The third-order valence-electron chi connectivity index (χ3n) is 5.83. The van der Waals surface area contributed by atoms with E-state index >= 15 is 0 Å². The van der Waals surface area contributed by atoms with E-state index in [1.807, 2.05) is 0 Å². The van der Waals surface area contributed by atoms with Crippen molar-refractivity contribution in [1.82, 2.24) is 0 Å². The summed E-state index contributed by atoms with van der Waals surface area (Å²) in [6.07, 6.45) is 11.8. The number of hydrogen-bond acceptors (Lipinski definition) is 0. The van der Waals surface area contributed by atoms with Gasteiger partial charge in [-0.3, -0.25) is 0 Å². The molecule has 0 aliphatic heterocycles. The molecule has 0 heteroatoms. The average Bonchev–Trinajstić information content (AvgIpc) is 2.57. The van der Waals surface area contributed by atoms with Gasteiger partial charge in [-0.05, 0) is 37.5 Å². The first-order chi connectivity index (χ1) is 11.4. The molecule has 2 aliphatic carbocycles. The van der Waals surface area contributed by atoms with Crippen molar-refractivity contribution in [2.75, 3.05) is 0 Å². The van der Waals surface area contributed by atoms with Crippen molar-refractivity contribution in [3.05, 3.63) is 35.4 Å². The summed E-state index contributed by atoms with van der Waals surface area (Å²) >= 11 is 0. The van der Waals surface area contributed by atoms with Crippen LogP contribution in [0.5, 0.6) is 0 Å². The molecule has 2 saturated carbocycles. The molecule has 0 aromatic heterocycles. The molecule has 0 heterocycles. The first-order valence-electron chi connectivity index (χ1n) is 10.4. The van der Waals surface area contributed by atoms with Gasteiger partial charge in [-0.25, -0.2) is 0 Å². The van der Waals surface area contributed by atoms with Crippen LogP contribution in [0.15, 0.2) is 24.3 Å². The minimum atomic E-state index is 0. The maximum Gasteiger partial charge on any atom is 0 e. The van der Waals surface area contributed by atoms with Gasteiger partial charge in [0.15, 0.2) is 0 Å². The lowest BCUT2D eigenvalue weighted by atomic mass is 9.84. The van der Waals surface area contributed by atoms with Crippen molar-refractivity contribution >= 4 is 0 Å². The number of benzene rings is 1. The lowest BCUT2D eigenvalue weighted by Gasteiger charge is -2.22. The fraction of sp³-hybridized carbons (Fsp3) is 0.750. The molecule has 1 aromatic rings. The summed E-state index contributed by atoms with van der Waals surface area (Å²) in [5.41, 5.74) is 2.66. The molecule has 140 valence electrons. The van der Waals surface area contributed by atoms with Crippen LogP contribution < -0.4 is 0 Å². The van der Waals surface area contributed by atoms with E-state index in [2.05, 4.69) is 65.8 Å². The molecule has 0 bridgehead atoms. The van der Waals surface area contributed by atoms with Crippen LogP contribution in [0.4, 0.5) is 0 Å². The molecular formula is C24H44. The fourth-order valence-electron chi connectivity index (χ4n) is 3.49. The second kappa shape index (κ2) is 11.7. The molecule has 0 nitrogen and oxygen atoms in total. The van der Waals surface area contributed by atoms with E-state index in [9.17, 15) is 0 Å². The molecule has 0 spiro atoms. The highest BCUT2D eigenvalue weighted by molar-refractivity contribution is 5.19. The zero-order valence-electron chi connectivity index (χ0n) is 17.3. The van der Waals surface area contributed by atoms with Crippen LogP contribution in [-0.2, 0) is 0 Å². The Balaban J connectivity index is 0.000000339. The van der Waals surface area contributed by atoms with Crippen LogP contribution >= 0.6 is 0 Å². The topological polar surface area (TPSA) is 0 Å². The molecule has 24 heavy (non-hydrogen) atoms. The van der Waals surface area contributed by atoms with Gasteiger partial charge in [0.25, 0.3) is 0 Å². The minimum absolute atomic E-state index is 0. The van der Waals surface area contributed by atoms with Gasteiger partial charge >= 0.3 is 0 Å². The Bertz CT molecular complexity index is 345. The molecule has 0 N–H and O–H groups in total. The van der Waals surface area contributed by atoms with Crippen LogP contribution in [0.1, 0.15) is 91.6 Å². The summed E-state index contributed by atoms with van der Waals surface area (Å²) in [6, 6.07) is 8.48. The molecule has 3 rings (SSSR count). The van der Waals surface area contributed by atoms with E-state index in [0.29, 0.717) is 0 Å². The SMILES string of the molecule is CC1CCC(C)CC1.CC1CCC(C)CC1.Cc1ccc(C)cc1.[HH]. The summed E-state index contributed by atoms with van der Waals surface area (Å²) in [5, 5.41) is 0. The third-order valence-corrected chi connectivity index (χ3v) is 5.83. The molecule has 0 unspecified atom stereocenters. The molecule has 0 radical (unpaired) electrons. The van der Waals surface area contributed by atoms with Crippen molar-refractivity contribution in [3.8, 4) is 0 Å². The maximum absolute atomic E-state index is 2.37. The smallest absolute Gasteiger partial charge is 0 e. The summed E-state index contributed by atoms with van der Waals surface area (Å²) in [4.78, 5) is 0. The molecule has 0 atom stereocenters. The van der Waals surface area contributed by atoms with Crippen LogP contribution in [-0.4, -0.2) is 0 Å². The van der Waals surface area contributed by atoms with Crippen molar-refractivity contribution < 1.29 is 1.43 Å². The summed E-state index contributed by atoms with van der Waals surface area (Å²) in [6.45, 7) is 13.7. The molecular weight excluding hydrogens is 288 g/mol. The highest BCUT2D eigenvalue weighted by Gasteiger charge is 2.13. The second-order valence-corrected chi connectivity index (χ2v) is 8.88. The van der Waals surface area contributed by atoms with E-state index in [0.717, 1.165) is 23.7 Å². The highest BCUT2D eigenvalue weighted by atomic mass is 14.2. The second-order valence-electron chi connectivity index (χ2n) is 8.88. The Morgan fingerprint density at radius 1 is 0.500 bits per heavy atom. The average molecular weight is 333 g/mol. The number of rotatable bonds is 0. The van der Waals surface area contributed by atoms with Crippen molar-refractivity contribution in [3.63, 3.8) is 0 Å². The Morgan fingerprint density at radius 2 is 0.667 bits per heavy atom. The van der Waals surface area contributed by atoms with E-state index in [4.69, 9.17) is 0 Å².